The molecular weight excluding hydrogens is 210 g/mol. The lowest BCUT2D eigenvalue weighted by atomic mass is 10.0. The zero-order chi connectivity index (χ0) is 11.0. The first-order chi connectivity index (χ1) is 7.13. The third kappa shape index (κ3) is 1.75. The normalized spacial score (nSPS) is 13.3. The third-order valence-corrected chi connectivity index (χ3v) is 3.11. The number of hydrogen-bond acceptors (Lipinski definition) is 1. The first-order valence-corrected chi connectivity index (χ1v) is 5.36. The molecule has 1 N–H and O–H groups in total. The molecule has 0 bridgehead atoms. The first kappa shape index (κ1) is 10.5. The van der Waals surface area contributed by atoms with Crippen LogP contribution in [0.5, 0.6) is 0 Å². The van der Waals surface area contributed by atoms with Crippen LogP contribution in [0.3, 0.4) is 0 Å². The predicted octanol–water partition coefficient (Wildman–Crippen LogP) is 2.93. The average molecular weight is 224 g/mol. The number of aliphatic hydroxyl groups excluding tert-OH is 1. The molecule has 15 heavy (non-hydrogen) atoms. The molecule has 1 aromatic heterocycles. The van der Waals surface area contributed by atoms with Crippen molar-refractivity contribution in [2.45, 2.75) is 12.8 Å². The number of hydrogen-bond donors (Lipinski definition) is 1. The first-order valence-electron chi connectivity index (χ1n) is 4.99. The summed E-state index contributed by atoms with van der Waals surface area (Å²) in [6, 6.07) is 6.14. The summed E-state index contributed by atoms with van der Waals surface area (Å²) in [7, 11) is 1.98. The molecular formula is C12H14ClNO. The highest BCUT2D eigenvalue weighted by Gasteiger charge is 2.08. The molecule has 0 aliphatic heterocycles. The Labute approximate surface area is 94.1 Å². The lowest BCUT2D eigenvalue weighted by Crippen LogP contribution is -1.98. The summed E-state index contributed by atoms with van der Waals surface area (Å²) in [5, 5.41) is 10.9. The van der Waals surface area contributed by atoms with Gasteiger partial charge in [-0.1, -0.05) is 24.6 Å². The van der Waals surface area contributed by atoms with E-state index in [4.69, 9.17) is 16.7 Å². The largest absolute Gasteiger partial charge is 0.396 e. The molecule has 0 saturated carbocycles. The Bertz CT molecular complexity index is 490. The molecule has 1 aromatic carbocycles. The van der Waals surface area contributed by atoms with Crippen molar-refractivity contribution in [2.75, 3.05) is 6.61 Å². The van der Waals surface area contributed by atoms with Crippen LogP contribution in [-0.4, -0.2) is 16.3 Å². The minimum atomic E-state index is 0.158. The highest BCUT2D eigenvalue weighted by molar-refractivity contribution is 6.35. The van der Waals surface area contributed by atoms with Gasteiger partial charge >= 0.3 is 0 Å². The molecule has 1 unspecified atom stereocenters. The molecule has 0 amide bonds. The van der Waals surface area contributed by atoms with E-state index < -0.39 is 0 Å². The van der Waals surface area contributed by atoms with Crippen LogP contribution in [0.25, 0.3) is 10.9 Å². The van der Waals surface area contributed by atoms with Crippen molar-refractivity contribution in [2.24, 2.45) is 7.05 Å². The predicted molar refractivity (Wildman–Crippen MR) is 63.4 cm³/mol. The second-order valence-corrected chi connectivity index (χ2v) is 4.36. The summed E-state index contributed by atoms with van der Waals surface area (Å²) < 4.78 is 2.01. The molecule has 1 heterocycles. The van der Waals surface area contributed by atoms with Crippen molar-refractivity contribution in [3.05, 3.63) is 35.0 Å². The quantitative estimate of drug-likeness (QED) is 0.832. The van der Waals surface area contributed by atoms with Crippen molar-refractivity contribution in [3.63, 3.8) is 0 Å². The van der Waals surface area contributed by atoms with Gasteiger partial charge in [-0.3, -0.25) is 0 Å². The highest BCUT2D eigenvalue weighted by atomic mass is 35.5. The zero-order valence-corrected chi connectivity index (χ0v) is 9.62. The van der Waals surface area contributed by atoms with E-state index in [1.54, 1.807) is 0 Å². The van der Waals surface area contributed by atoms with Gasteiger partial charge < -0.3 is 9.67 Å². The van der Waals surface area contributed by atoms with Gasteiger partial charge in [0, 0.05) is 36.7 Å². The van der Waals surface area contributed by atoms with E-state index in [0.29, 0.717) is 0 Å². The molecule has 0 radical (unpaired) electrons. The third-order valence-electron chi connectivity index (χ3n) is 2.81. The molecule has 2 nitrogen and oxygen atoms in total. The van der Waals surface area contributed by atoms with Crippen LogP contribution in [0, 0.1) is 0 Å². The number of aliphatic hydroxyl groups is 1. The van der Waals surface area contributed by atoms with Gasteiger partial charge in [0.2, 0.25) is 0 Å². The number of fused-ring (bicyclic) bond motifs is 1. The fourth-order valence-corrected chi connectivity index (χ4v) is 2.07. The molecule has 80 valence electrons. The molecule has 1 atom stereocenters. The maximum Gasteiger partial charge on any atom is 0.0661 e. The number of benzene rings is 1. The van der Waals surface area contributed by atoms with Gasteiger partial charge in [-0.2, -0.15) is 0 Å². The van der Waals surface area contributed by atoms with Crippen LogP contribution >= 0.6 is 11.6 Å². The standard InChI is InChI=1S/C12H14ClNO/c1-8(7-15)9-3-4-12-10(5-9)11(13)6-14(12)2/h3-6,8,15H,7H2,1-2H3. The van der Waals surface area contributed by atoms with Crippen molar-refractivity contribution >= 4 is 22.5 Å². The number of nitrogens with zero attached hydrogens (tertiary/aromatic N) is 1. The SMILES string of the molecule is CC(CO)c1ccc2c(c1)c(Cl)cn2C. The Hall–Kier alpha value is -0.990. The number of aryl methyl sites for hydroxylation is 1. The van der Waals surface area contributed by atoms with E-state index in [-0.39, 0.29) is 12.5 Å². The minimum Gasteiger partial charge on any atom is -0.396 e. The van der Waals surface area contributed by atoms with Crippen molar-refractivity contribution in [1.82, 2.24) is 4.57 Å². The van der Waals surface area contributed by atoms with Gasteiger partial charge in [-0.15, -0.1) is 0 Å². The van der Waals surface area contributed by atoms with Crippen molar-refractivity contribution in [3.8, 4) is 0 Å². The zero-order valence-electron chi connectivity index (χ0n) is 8.87. The summed E-state index contributed by atoms with van der Waals surface area (Å²) in [6.07, 6.45) is 1.90. The molecule has 0 aliphatic carbocycles. The van der Waals surface area contributed by atoms with Crippen LogP contribution in [0.2, 0.25) is 5.02 Å². The van der Waals surface area contributed by atoms with E-state index in [1.165, 1.54) is 0 Å². The smallest absolute Gasteiger partial charge is 0.0661 e. The van der Waals surface area contributed by atoms with Gasteiger partial charge in [0.25, 0.3) is 0 Å². The summed E-state index contributed by atoms with van der Waals surface area (Å²) in [4.78, 5) is 0. The van der Waals surface area contributed by atoms with Crippen LogP contribution in [0.1, 0.15) is 18.4 Å². The van der Waals surface area contributed by atoms with Crippen molar-refractivity contribution in [1.29, 1.82) is 0 Å². The second kappa shape index (κ2) is 3.87. The van der Waals surface area contributed by atoms with E-state index in [2.05, 4.69) is 6.07 Å². The number of halogens is 1. The fourth-order valence-electron chi connectivity index (χ4n) is 1.77. The van der Waals surface area contributed by atoms with Gasteiger partial charge in [0.1, 0.15) is 0 Å². The lowest BCUT2D eigenvalue weighted by molar-refractivity contribution is 0.273. The Morgan fingerprint density at radius 3 is 2.87 bits per heavy atom. The molecule has 0 spiro atoms. The van der Waals surface area contributed by atoms with Crippen molar-refractivity contribution < 1.29 is 5.11 Å². The van der Waals surface area contributed by atoms with E-state index in [1.807, 2.05) is 36.9 Å². The summed E-state index contributed by atoms with van der Waals surface area (Å²) in [5.74, 6) is 0.158. The Kier molecular flexibility index (Phi) is 2.72. The maximum absolute atomic E-state index is 9.10. The molecule has 0 fully saturated rings. The van der Waals surface area contributed by atoms with Crippen LogP contribution in [0.4, 0.5) is 0 Å². The van der Waals surface area contributed by atoms with E-state index in [0.717, 1.165) is 21.5 Å². The molecule has 0 aliphatic rings. The Balaban J connectivity index is 2.60. The summed E-state index contributed by atoms with van der Waals surface area (Å²) in [6.45, 7) is 2.16. The average Bonchev–Trinajstić information content (AvgIpc) is 2.53. The fraction of sp³-hybridized carbons (Fsp3) is 0.333. The van der Waals surface area contributed by atoms with Gasteiger partial charge in [-0.05, 0) is 17.7 Å². The van der Waals surface area contributed by atoms with E-state index in [9.17, 15) is 0 Å². The van der Waals surface area contributed by atoms with Crippen LogP contribution in [0.15, 0.2) is 24.4 Å². The number of rotatable bonds is 2. The van der Waals surface area contributed by atoms with E-state index >= 15 is 0 Å². The summed E-state index contributed by atoms with van der Waals surface area (Å²) >= 11 is 6.11. The van der Waals surface area contributed by atoms with Crippen LogP contribution in [-0.2, 0) is 7.05 Å². The molecule has 0 saturated heterocycles. The second-order valence-electron chi connectivity index (χ2n) is 3.95. The topological polar surface area (TPSA) is 25.2 Å². The lowest BCUT2D eigenvalue weighted by Gasteiger charge is -2.08. The van der Waals surface area contributed by atoms with Crippen LogP contribution < -0.4 is 0 Å². The Morgan fingerprint density at radius 2 is 2.20 bits per heavy atom. The molecule has 3 heteroatoms. The van der Waals surface area contributed by atoms with Gasteiger partial charge in [0.05, 0.1) is 5.02 Å². The highest BCUT2D eigenvalue weighted by Crippen LogP contribution is 2.28. The monoisotopic (exact) mass is 223 g/mol. The van der Waals surface area contributed by atoms with Gasteiger partial charge in [0.15, 0.2) is 0 Å². The summed E-state index contributed by atoms with van der Waals surface area (Å²) in [5.41, 5.74) is 2.24. The molecule has 2 aromatic rings. The molecule has 2 rings (SSSR count). The Morgan fingerprint density at radius 1 is 1.47 bits per heavy atom. The van der Waals surface area contributed by atoms with Gasteiger partial charge in [-0.25, -0.2) is 0 Å². The maximum atomic E-state index is 9.10. The minimum absolute atomic E-state index is 0.158. The number of aromatic nitrogens is 1.